The monoisotopic (exact) mass is 482 g/mol. The maximum Gasteiger partial charge on any atom is 0.265 e. The molecule has 9 nitrogen and oxygen atoms in total. The Bertz CT molecular complexity index is 1490. The Kier molecular flexibility index (Phi) is 5.32. The van der Waals surface area contributed by atoms with Crippen LogP contribution in [0.4, 0.5) is 4.39 Å². The van der Waals surface area contributed by atoms with Gasteiger partial charge in [-0.1, -0.05) is 23.7 Å². The van der Waals surface area contributed by atoms with Crippen molar-refractivity contribution in [2.24, 2.45) is 0 Å². The highest BCUT2D eigenvalue weighted by Crippen LogP contribution is 2.25. The SMILES string of the molecule is CC1(F)CN(C(=O)Cn2c(=O)c(C(=O)NCc3ccc(Cl)cc3)cc3c4[nH]cnc4cnc32)C1. The van der Waals surface area contributed by atoms with Gasteiger partial charge in [-0.05, 0) is 30.7 Å². The third-order valence-electron chi connectivity index (χ3n) is 5.81. The van der Waals surface area contributed by atoms with E-state index in [9.17, 15) is 18.8 Å². The van der Waals surface area contributed by atoms with Crippen molar-refractivity contribution in [2.45, 2.75) is 25.7 Å². The van der Waals surface area contributed by atoms with Gasteiger partial charge in [0, 0.05) is 17.0 Å². The average molecular weight is 483 g/mol. The molecule has 174 valence electrons. The molecule has 0 saturated carbocycles. The van der Waals surface area contributed by atoms with E-state index in [4.69, 9.17) is 11.6 Å². The first kappa shape index (κ1) is 22.0. The normalized spacial score (nSPS) is 14.9. The lowest BCUT2D eigenvalue weighted by Crippen LogP contribution is -2.60. The van der Waals surface area contributed by atoms with Crippen LogP contribution in [0.5, 0.6) is 0 Å². The van der Waals surface area contributed by atoms with E-state index < -0.39 is 23.0 Å². The number of H-pyrrole nitrogens is 1. The van der Waals surface area contributed by atoms with Crippen molar-refractivity contribution in [1.82, 2.24) is 29.7 Å². The van der Waals surface area contributed by atoms with Gasteiger partial charge in [0.05, 0.1) is 31.1 Å². The van der Waals surface area contributed by atoms with Gasteiger partial charge >= 0.3 is 0 Å². The number of aromatic nitrogens is 4. The number of nitrogens with one attached hydrogen (secondary N) is 2. The first-order chi connectivity index (χ1) is 16.2. The van der Waals surface area contributed by atoms with Crippen LogP contribution in [0, 0.1) is 0 Å². The summed E-state index contributed by atoms with van der Waals surface area (Å²) in [5.41, 5.74) is -0.0781. The number of imidazole rings is 1. The van der Waals surface area contributed by atoms with E-state index in [0.717, 1.165) is 10.1 Å². The quantitative estimate of drug-likeness (QED) is 0.453. The van der Waals surface area contributed by atoms with Gasteiger partial charge in [0.25, 0.3) is 11.5 Å². The number of hydrogen-bond donors (Lipinski definition) is 2. The molecular formula is C23H20ClFN6O3. The van der Waals surface area contributed by atoms with Gasteiger partial charge in [0.15, 0.2) is 0 Å². The first-order valence-electron chi connectivity index (χ1n) is 10.6. The molecule has 0 radical (unpaired) electrons. The highest BCUT2D eigenvalue weighted by atomic mass is 35.5. The van der Waals surface area contributed by atoms with Crippen LogP contribution in [0.1, 0.15) is 22.8 Å². The lowest BCUT2D eigenvalue weighted by Gasteiger charge is -2.42. The van der Waals surface area contributed by atoms with Gasteiger partial charge in [-0.15, -0.1) is 0 Å². The summed E-state index contributed by atoms with van der Waals surface area (Å²) < 4.78 is 15.1. The van der Waals surface area contributed by atoms with Gasteiger partial charge in [-0.3, -0.25) is 19.0 Å². The molecule has 1 saturated heterocycles. The molecule has 1 fully saturated rings. The van der Waals surface area contributed by atoms with Gasteiger partial charge in [-0.2, -0.15) is 0 Å². The smallest absolute Gasteiger partial charge is 0.265 e. The molecule has 0 atom stereocenters. The van der Waals surface area contributed by atoms with E-state index in [1.807, 2.05) is 0 Å². The van der Waals surface area contributed by atoms with E-state index in [2.05, 4.69) is 20.3 Å². The number of fused-ring (bicyclic) bond motifs is 3. The Labute approximate surface area is 197 Å². The molecule has 1 aliphatic heterocycles. The van der Waals surface area contributed by atoms with Gasteiger partial charge in [-0.25, -0.2) is 14.4 Å². The number of pyridine rings is 2. The molecule has 0 unspecified atom stereocenters. The summed E-state index contributed by atoms with van der Waals surface area (Å²) in [5.74, 6) is -1.02. The molecule has 0 bridgehead atoms. The van der Waals surface area contributed by atoms with Crippen LogP contribution in [0.3, 0.4) is 0 Å². The number of rotatable bonds is 5. The van der Waals surface area contributed by atoms with Crippen molar-refractivity contribution in [3.05, 3.63) is 69.4 Å². The number of benzene rings is 1. The number of alkyl halides is 1. The third-order valence-corrected chi connectivity index (χ3v) is 6.06. The number of aromatic amines is 1. The zero-order valence-corrected chi connectivity index (χ0v) is 18.9. The molecule has 1 aliphatic rings. The molecule has 11 heteroatoms. The standard InChI is InChI=1S/C23H20ClFN6O3/c1-23(25)10-30(11-23)18(32)9-31-20-15(19-17(8-26-20)28-12-29-19)6-16(22(31)34)21(33)27-7-13-2-4-14(24)5-3-13/h2-6,8,12H,7,9-11H2,1H3,(H,27,33)(H,28,29). The second-order valence-corrected chi connectivity index (χ2v) is 9.02. The van der Waals surface area contributed by atoms with Crippen molar-refractivity contribution in [1.29, 1.82) is 0 Å². The van der Waals surface area contributed by atoms with E-state index in [0.29, 0.717) is 21.4 Å². The summed E-state index contributed by atoms with van der Waals surface area (Å²) in [4.78, 5) is 51.9. The average Bonchev–Trinajstić information content (AvgIpc) is 3.27. The fourth-order valence-corrected chi connectivity index (χ4v) is 4.20. The predicted octanol–water partition coefficient (Wildman–Crippen LogP) is 2.43. The molecule has 1 aromatic carbocycles. The van der Waals surface area contributed by atoms with Crippen molar-refractivity contribution < 1.29 is 14.0 Å². The number of nitrogens with zero attached hydrogens (tertiary/aromatic N) is 4. The number of amides is 2. The number of carbonyl (C=O) groups excluding carboxylic acids is 2. The van der Waals surface area contributed by atoms with Crippen LogP contribution >= 0.6 is 11.6 Å². The Morgan fingerprint density at radius 3 is 2.68 bits per heavy atom. The van der Waals surface area contributed by atoms with E-state index in [1.165, 1.54) is 30.4 Å². The largest absolute Gasteiger partial charge is 0.348 e. The van der Waals surface area contributed by atoms with E-state index in [1.54, 1.807) is 24.3 Å². The zero-order chi connectivity index (χ0) is 24.0. The van der Waals surface area contributed by atoms with Crippen molar-refractivity contribution in [2.75, 3.05) is 13.1 Å². The van der Waals surface area contributed by atoms with E-state index in [-0.39, 0.29) is 37.4 Å². The molecule has 3 aromatic heterocycles. The summed E-state index contributed by atoms with van der Waals surface area (Å²) >= 11 is 5.90. The second kappa shape index (κ2) is 8.21. The molecule has 0 spiro atoms. The lowest BCUT2D eigenvalue weighted by atomic mass is 9.99. The number of hydrogen-bond acceptors (Lipinski definition) is 5. The minimum Gasteiger partial charge on any atom is -0.348 e. The van der Waals surface area contributed by atoms with Crippen LogP contribution in [-0.2, 0) is 17.9 Å². The molecule has 0 aliphatic carbocycles. The Morgan fingerprint density at radius 1 is 1.24 bits per heavy atom. The van der Waals surface area contributed by atoms with Gasteiger partial charge in [0.1, 0.15) is 28.9 Å². The summed E-state index contributed by atoms with van der Waals surface area (Å²) in [5, 5.41) is 3.78. The van der Waals surface area contributed by atoms with Gasteiger partial charge < -0.3 is 15.2 Å². The molecule has 2 N–H and O–H groups in total. The Balaban J connectivity index is 1.52. The number of carbonyl (C=O) groups is 2. The molecule has 5 rings (SSSR count). The number of likely N-dealkylation sites (tertiary alicyclic amines) is 1. The summed E-state index contributed by atoms with van der Waals surface area (Å²) in [6.07, 6.45) is 2.96. The molecule has 2 amide bonds. The van der Waals surface area contributed by atoms with Crippen molar-refractivity contribution in [3.63, 3.8) is 0 Å². The fourth-order valence-electron chi connectivity index (χ4n) is 4.07. The minimum atomic E-state index is -1.44. The maximum atomic E-state index is 13.9. The molecule has 34 heavy (non-hydrogen) atoms. The summed E-state index contributed by atoms with van der Waals surface area (Å²) in [6, 6.07) is 8.39. The first-order valence-corrected chi connectivity index (χ1v) is 10.9. The van der Waals surface area contributed by atoms with Crippen LogP contribution in [-0.4, -0.2) is 55.0 Å². The Morgan fingerprint density at radius 2 is 1.97 bits per heavy atom. The highest BCUT2D eigenvalue weighted by molar-refractivity contribution is 6.30. The zero-order valence-electron chi connectivity index (χ0n) is 18.1. The Hall–Kier alpha value is -3.79. The third kappa shape index (κ3) is 4.01. The van der Waals surface area contributed by atoms with Crippen LogP contribution < -0.4 is 10.9 Å². The highest BCUT2D eigenvalue weighted by Gasteiger charge is 2.41. The van der Waals surface area contributed by atoms with Crippen LogP contribution in [0.15, 0.2) is 47.7 Å². The minimum absolute atomic E-state index is 0.0436. The maximum absolute atomic E-state index is 13.9. The van der Waals surface area contributed by atoms with Crippen molar-refractivity contribution in [3.8, 4) is 0 Å². The summed E-state index contributed by atoms with van der Waals surface area (Å²) in [7, 11) is 0. The predicted molar refractivity (Wildman–Crippen MR) is 124 cm³/mol. The second-order valence-electron chi connectivity index (χ2n) is 8.58. The lowest BCUT2D eigenvalue weighted by molar-refractivity contribution is -0.144. The molecule has 4 heterocycles. The topological polar surface area (TPSA) is 113 Å². The van der Waals surface area contributed by atoms with Crippen LogP contribution in [0.2, 0.25) is 5.02 Å². The molecule has 4 aromatic rings. The molecular weight excluding hydrogens is 463 g/mol. The summed E-state index contributed by atoms with van der Waals surface area (Å²) in [6.45, 7) is 1.15. The van der Waals surface area contributed by atoms with Crippen LogP contribution in [0.25, 0.3) is 22.1 Å². The van der Waals surface area contributed by atoms with Crippen molar-refractivity contribution >= 4 is 45.5 Å². The number of halogens is 2. The van der Waals surface area contributed by atoms with Gasteiger partial charge in [0.2, 0.25) is 5.91 Å². The van der Waals surface area contributed by atoms with E-state index >= 15 is 0 Å². The fraction of sp³-hybridized carbons (Fsp3) is 0.261.